The highest BCUT2D eigenvalue weighted by Crippen LogP contribution is 2.17. The molecule has 1 atom stereocenters. The van der Waals surface area contributed by atoms with Crippen LogP contribution in [0.1, 0.15) is 32.4 Å². The van der Waals surface area contributed by atoms with E-state index in [-0.39, 0.29) is 0 Å². The van der Waals surface area contributed by atoms with Gasteiger partial charge in [-0.05, 0) is 38.5 Å². The first-order chi connectivity index (χ1) is 8.31. The molecule has 0 saturated carbocycles. The summed E-state index contributed by atoms with van der Waals surface area (Å²) in [7, 11) is 0. The Morgan fingerprint density at radius 2 is 1.94 bits per heavy atom. The number of carbonyl (C=O) groups is 1. The number of hydrogen-bond acceptors (Lipinski definition) is 3. The summed E-state index contributed by atoms with van der Waals surface area (Å²) in [5, 5.41) is 12.1. The number of nitrogens with one attached hydrogen (secondary N) is 1. The summed E-state index contributed by atoms with van der Waals surface area (Å²) in [6.07, 6.45) is 0.246. The van der Waals surface area contributed by atoms with E-state index in [2.05, 4.69) is 11.9 Å². The Labute approximate surface area is 107 Å². The van der Waals surface area contributed by atoms with Crippen LogP contribution in [-0.2, 0) is 4.74 Å². The van der Waals surface area contributed by atoms with Crippen LogP contribution >= 0.6 is 0 Å². The van der Waals surface area contributed by atoms with Gasteiger partial charge in [-0.2, -0.15) is 0 Å². The van der Waals surface area contributed by atoms with Crippen LogP contribution in [0.25, 0.3) is 0 Å². The zero-order valence-electron chi connectivity index (χ0n) is 10.9. The van der Waals surface area contributed by atoms with E-state index in [1.807, 2.05) is 0 Å². The summed E-state index contributed by atoms with van der Waals surface area (Å²) in [4.78, 5) is 11.5. The molecular formula is C14H19NO3. The van der Waals surface area contributed by atoms with Gasteiger partial charge < -0.3 is 9.84 Å². The maximum atomic E-state index is 11.5. The summed E-state index contributed by atoms with van der Waals surface area (Å²) in [5.74, 6) is 0. The van der Waals surface area contributed by atoms with Gasteiger partial charge in [-0.25, -0.2) is 4.79 Å². The molecule has 1 amide bonds. The lowest BCUT2D eigenvalue weighted by Crippen LogP contribution is -2.27. The molecule has 4 heteroatoms. The molecule has 0 saturated heterocycles. The lowest BCUT2D eigenvalue weighted by atomic mass is 10.1. The third-order valence-corrected chi connectivity index (χ3v) is 2.12. The molecular weight excluding hydrogens is 230 g/mol. The number of carbonyl (C=O) groups excluding carboxylic acids is 1. The third kappa shape index (κ3) is 4.59. The van der Waals surface area contributed by atoms with Gasteiger partial charge in [-0.15, -0.1) is 6.58 Å². The number of aliphatic hydroxyl groups is 1. The average Bonchev–Trinajstić information content (AvgIpc) is 2.26. The van der Waals surface area contributed by atoms with Gasteiger partial charge in [0.25, 0.3) is 0 Å². The van der Waals surface area contributed by atoms with Crippen molar-refractivity contribution in [2.45, 2.75) is 32.5 Å². The number of amides is 1. The normalized spacial score (nSPS) is 12.7. The first-order valence-electron chi connectivity index (χ1n) is 5.72. The molecule has 0 aliphatic rings. The van der Waals surface area contributed by atoms with Crippen LogP contribution in [0.4, 0.5) is 10.5 Å². The molecule has 0 radical (unpaired) electrons. The summed E-state index contributed by atoms with van der Waals surface area (Å²) < 4.78 is 5.12. The monoisotopic (exact) mass is 249 g/mol. The summed E-state index contributed by atoms with van der Waals surface area (Å²) in [6.45, 7) is 8.91. The molecule has 0 spiro atoms. The van der Waals surface area contributed by atoms with E-state index in [1.165, 1.54) is 6.08 Å². The van der Waals surface area contributed by atoms with Gasteiger partial charge in [0.05, 0.1) is 6.10 Å². The maximum absolute atomic E-state index is 11.5. The molecule has 2 N–H and O–H groups in total. The molecule has 0 heterocycles. The Balaban J connectivity index is 2.64. The van der Waals surface area contributed by atoms with Crippen LogP contribution < -0.4 is 5.32 Å². The van der Waals surface area contributed by atoms with Crippen LogP contribution in [0, 0.1) is 0 Å². The Bertz CT molecular complexity index is 418. The predicted molar refractivity (Wildman–Crippen MR) is 71.5 cm³/mol. The van der Waals surface area contributed by atoms with Crippen LogP contribution in [0.2, 0.25) is 0 Å². The second kappa shape index (κ2) is 5.69. The standard InChI is InChI=1S/C14H19NO3/c1-5-12(16)10-6-8-11(9-7-10)15-13(17)18-14(2,3)4/h5-9,12,16H,1H2,2-4H3,(H,15,17). The molecule has 1 aromatic rings. The number of ether oxygens (including phenoxy) is 1. The van der Waals surface area contributed by atoms with E-state index < -0.39 is 17.8 Å². The highest BCUT2D eigenvalue weighted by atomic mass is 16.6. The molecule has 4 nitrogen and oxygen atoms in total. The van der Waals surface area contributed by atoms with E-state index in [4.69, 9.17) is 4.74 Å². The van der Waals surface area contributed by atoms with Crippen molar-refractivity contribution in [1.82, 2.24) is 0 Å². The quantitative estimate of drug-likeness (QED) is 0.808. The number of aliphatic hydroxyl groups excluding tert-OH is 1. The van der Waals surface area contributed by atoms with Crippen molar-refractivity contribution >= 4 is 11.8 Å². The first kappa shape index (κ1) is 14.3. The molecule has 1 aromatic carbocycles. The molecule has 0 aromatic heterocycles. The van der Waals surface area contributed by atoms with Crippen molar-refractivity contribution in [2.24, 2.45) is 0 Å². The summed E-state index contributed by atoms with van der Waals surface area (Å²) in [5.41, 5.74) is 0.812. The second-order valence-corrected chi connectivity index (χ2v) is 4.93. The maximum Gasteiger partial charge on any atom is 0.412 e. The topological polar surface area (TPSA) is 58.6 Å². The molecule has 0 aliphatic heterocycles. The van der Waals surface area contributed by atoms with Crippen LogP contribution in [-0.4, -0.2) is 16.8 Å². The molecule has 18 heavy (non-hydrogen) atoms. The smallest absolute Gasteiger partial charge is 0.412 e. The fourth-order valence-electron chi connectivity index (χ4n) is 1.32. The second-order valence-electron chi connectivity index (χ2n) is 4.93. The minimum absolute atomic E-state index is 0.500. The summed E-state index contributed by atoms with van der Waals surface area (Å²) in [6, 6.07) is 6.84. The number of hydrogen-bond donors (Lipinski definition) is 2. The van der Waals surface area contributed by atoms with Gasteiger partial charge in [0.2, 0.25) is 0 Å². The minimum atomic E-state index is -0.694. The van der Waals surface area contributed by atoms with E-state index in [0.29, 0.717) is 5.69 Å². The van der Waals surface area contributed by atoms with Crippen LogP contribution in [0.15, 0.2) is 36.9 Å². The Morgan fingerprint density at radius 3 is 2.39 bits per heavy atom. The third-order valence-electron chi connectivity index (χ3n) is 2.12. The van der Waals surface area contributed by atoms with Crippen LogP contribution in [0.5, 0.6) is 0 Å². The van der Waals surface area contributed by atoms with Gasteiger partial charge in [0.15, 0.2) is 0 Å². The van der Waals surface area contributed by atoms with Crippen molar-refractivity contribution in [3.05, 3.63) is 42.5 Å². The Kier molecular flexibility index (Phi) is 4.50. The average molecular weight is 249 g/mol. The van der Waals surface area contributed by atoms with E-state index >= 15 is 0 Å². The predicted octanol–water partition coefficient (Wildman–Crippen LogP) is 3.25. The SMILES string of the molecule is C=CC(O)c1ccc(NC(=O)OC(C)(C)C)cc1. The largest absolute Gasteiger partial charge is 0.444 e. The first-order valence-corrected chi connectivity index (χ1v) is 5.72. The zero-order valence-corrected chi connectivity index (χ0v) is 10.9. The van der Waals surface area contributed by atoms with E-state index in [9.17, 15) is 9.90 Å². The van der Waals surface area contributed by atoms with Gasteiger partial charge >= 0.3 is 6.09 Å². The van der Waals surface area contributed by atoms with Gasteiger partial charge in [0.1, 0.15) is 5.60 Å². The van der Waals surface area contributed by atoms with Crippen molar-refractivity contribution in [1.29, 1.82) is 0 Å². The van der Waals surface area contributed by atoms with Crippen molar-refractivity contribution in [3.63, 3.8) is 0 Å². The van der Waals surface area contributed by atoms with Crippen molar-refractivity contribution in [3.8, 4) is 0 Å². The molecule has 98 valence electrons. The number of benzene rings is 1. The zero-order chi connectivity index (χ0) is 13.8. The lowest BCUT2D eigenvalue weighted by molar-refractivity contribution is 0.0636. The van der Waals surface area contributed by atoms with E-state index in [1.54, 1.807) is 45.0 Å². The molecule has 1 rings (SSSR count). The van der Waals surface area contributed by atoms with Crippen molar-refractivity contribution in [2.75, 3.05) is 5.32 Å². The molecule has 1 unspecified atom stereocenters. The number of rotatable bonds is 3. The highest BCUT2D eigenvalue weighted by Gasteiger charge is 2.16. The molecule has 0 aliphatic carbocycles. The fourth-order valence-corrected chi connectivity index (χ4v) is 1.32. The van der Waals surface area contributed by atoms with Gasteiger partial charge in [0, 0.05) is 5.69 Å². The lowest BCUT2D eigenvalue weighted by Gasteiger charge is -2.19. The summed E-state index contributed by atoms with van der Waals surface area (Å²) >= 11 is 0. The number of anilines is 1. The fraction of sp³-hybridized carbons (Fsp3) is 0.357. The molecule has 0 fully saturated rings. The van der Waals surface area contributed by atoms with Crippen molar-refractivity contribution < 1.29 is 14.6 Å². The van der Waals surface area contributed by atoms with Crippen LogP contribution in [0.3, 0.4) is 0 Å². The minimum Gasteiger partial charge on any atom is -0.444 e. The van der Waals surface area contributed by atoms with E-state index in [0.717, 1.165) is 5.56 Å². The Hall–Kier alpha value is -1.81. The van der Waals surface area contributed by atoms with Gasteiger partial charge in [-0.3, -0.25) is 5.32 Å². The molecule has 0 bridgehead atoms. The highest BCUT2D eigenvalue weighted by molar-refractivity contribution is 5.84. The Morgan fingerprint density at radius 1 is 1.39 bits per heavy atom. The van der Waals surface area contributed by atoms with Gasteiger partial charge in [-0.1, -0.05) is 18.2 Å².